The molecule has 1 atom stereocenters. The van der Waals surface area contributed by atoms with Crippen LogP contribution in [0.1, 0.15) is 18.6 Å². The average Bonchev–Trinajstić information content (AvgIpc) is 2.77. The summed E-state index contributed by atoms with van der Waals surface area (Å²) in [6.45, 7) is 3.57. The Labute approximate surface area is 98.4 Å². The van der Waals surface area contributed by atoms with Crippen molar-refractivity contribution in [3.63, 3.8) is 0 Å². The van der Waals surface area contributed by atoms with E-state index in [9.17, 15) is 4.79 Å². The van der Waals surface area contributed by atoms with E-state index >= 15 is 0 Å². The van der Waals surface area contributed by atoms with Crippen molar-refractivity contribution in [3.8, 4) is 0 Å². The Hall–Kier alpha value is -1.47. The molecule has 0 spiro atoms. The molecule has 0 amide bonds. The van der Waals surface area contributed by atoms with Crippen molar-refractivity contribution in [1.29, 1.82) is 0 Å². The van der Waals surface area contributed by atoms with Gasteiger partial charge in [-0.2, -0.15) is 4.98 Å². The highest BCUT2D eigenvalue weighted by molar-refractivity contribution is 5.73. The fourth-order valence-electron chi connectivity index (χ4n) is 1.73. The molecule has 1 saturated heterocycles. The molecule has 7 heteroatoms. The Morgan fingerprint density at radius 3 is 3.12 bits per heavy atom. The van der Waals surface area contributed by atoms with E-state index in [1.54, 1.807) is 4.90 Å². The normalized spacial score (nSPS) is 21.6. The van der Waals surface area contributed by atoms with Crippen LogP contribution in [0, 0.1) is 0 Å². The number of ether oxygens (including phenoxy) is 1. The summed E-state index contributed by atoms with van der Waals surface area (Å²) in [5.74, 6) is 0.204. The SMILES string of the molecule is CCc1noc(CN2CCOCC2C(=O)O)n1. The van der Waals surface area contributed by atoms with E-state index in [1.807, 2.05) is 6.92 Å². The summed E-state index contributed by atoms with van der Waals surface area (Å²) in [5.41, 5.74) is 0. The van der Waals surface area contributed by atoms with Crippen LogP contribution >= 0.6 is 0 Å². The monoisotopic (exact) mass is 241 g/mol. The summed E-state index contributed by atoms with van der Waals surface area (Å²) in [4.78, 5) is 17.0. The van der Waals surface area contributed by atoms with E-state index in [0.717, 1.165) is 0 Å². The number of carbonyl (C=O) groups is 1. The molecule has 1 aromatic rings. The molecule has 1 fully saturated rings. The van der Waals surface area contributed by atoms with Crippen LogP contribution in [0.3, 0.4) is 0 Å². The third-order valence-corrected chi connectivity index (χ3v) is 2.69. The summed E-state index contributed by atoms with van der Waals surface area (Å²) in [6.07, 6.45) is 0.703. The first-order valence-electron chi connectivity index (χ1n) is 5.56. The van der Waals surface area contributed by atoms with Crippen molar-refractivity contribution >= 4 is 5.97 Å². The highest BCUT2D eigenvalue weighted by Gasteiger charge is 2.30. The predicted octanol–water partition coefficient (Wildman–Crippen LogP) is -0.0826. The van der Waals surface area contributed by atoms with Gasteiger partial charge in [0, 0.05) is 13.0 Å². The highest BCUT2D eigenvalue weighted by Crippen LogP contribution is 2.11. The number of morpholine rings is 1. The van der Waals surface area contributed by atoms with Crippen LogP contribution in [-0.2, 0) is 22.5 Å². The average molecular weight is 241 g/mol. The van der Waals surface area contributed by atoms with Gasteiger partial charge >= 0.3 is 5.97 Å². The van der Waals surface area contributed by atoms with Crippen LogP contribution in [0.4, 0.5) is 0 Å². The summed E-state index contributed by atoms with van der Waals surface area (Å²) in [7, 11) is 0. The quantitative estimate of drug-likeness (QED) is 0.788. The minimum Gasteiger partial charge on any atom is -0.480 e. The van der Waals surface area contributed by atoms with Gasteiger partial charge in [-0.15, -0.1) is 0 Å². The Morgan fingerprint density at radius 1 is 1.65 bits per heavy atom. The van der Waals surface area contributed by atoms with E-state index in [1.165, 1.54) is 0 Å². The number of nitrogens with zero attached hydrogens (tertiary/aromatic N) is 3. The van der Waals surface area contributed by atoms with Crippen molar-refractivity contribution < 1.29 is 19.2 Å². The number of carboxylic acid groups (broad SMARTS) is 1. The van der Waals surface area contributed by atoms with Gasteiger partial charge in [0.15, 0.2) is 5.82 Å². The second kappa shape index (κ2) is 5.24. The first kappa shape index (κ1) is 12.0. The number of aliphatic carboxylic acids is 1. The first-order valence-corrected chi connectivity index (χ1v) is 5.56. The molecule has 17 heavy (non-hydrogen) atoms. The van der Waals surface area contributed by atoms with Gasteiger partial charge in [-0.1, -0.05) is 12.1 Å². The van der Waals surface area contributed by atoms with Gasteiger partial charge in [-0.25, -0.2) is 0 Å². The van der Waals surface area contributed by atoms with E-state index in [2.05, 4.69) is 10.1 Å². The maximum Gasteiger partial charge on any atom is 0.323 e. The van der Waals surface area contributed by atoms with Crippen molar-refractivity contribution in [2.75, 3.05) is 19.8 Å². The highest BCUT2D eigenvalue weighted by atomic mass is 16.5. The number of aryl methyl sites for hydroxylation is 1. The van der Waals surface area contributed by atoms with Gasteiger partial charge in [0.1, 0.15) is 6.04 Å². The van der Waals surface area contributed by atoms with Gasteiger partial charge in [0.25, 0.3) is 0 Å². The number of rotatable bonds is 4. The van der Waals surface area contributed by atoms with Gasteiger partial charge in [0.2, 0.25) is 5.89 Å². The molecule has 0 aromatic carbocycles. The van der Waals surface area contributed by atoms with Crippen LogP contribution in [0.15, 0.2) is 4.52 Å². The lowest BCUT2D eigenvalue weighted by atomic mass is 10.2. The fraction of sp³-hybridized carbons (Fsp3) is 0.700. The minimum atomic E-state index is -0.889. The van der Waals surface area contributed by atoms with Crippen LogP contribution in [0.25, 0.3) is 0 Å². The van der Waals surface area contributed by atoms with Gasteiger partial charge in [-0.3, -0.25) is 9.69 Å². The standard InChI is InChI=1S/C10H15N3O4/c1-2-8-11-9(17-12-8)5-13-3-4-16-6-7(13)10(14)15/h7H,2-6H2,1H3,(H,14,15). The van der Waals surface area contributed by atoms with Crippen LogP contribution < -0.4 is 0 Å². The lowest BCUT2D eigenvalue weighted by molar-refractivity contribution is -0.150. The molecule has 1 unspecified atom stereocenters. The molecule has 0 aliphatic carbocycles. The van der Waals surface area contributed by atoms with E-state index in [-0.39, 0.29) is 6.61 Å². The molecular formula is C10H15N3O4. The molecule has 2 rings (SSSR count). The molecular weight excluding hydrogens is 226 g/mol. The van der Waals surface area contributed by atoms with Crippen molar-refractivity contribution in [1.82, 2.24) is 15.0 Å². The van der Waals surface area contributed by atoms with E-state index in [0.29, 0.717) is 37.8 Å². The summed E-state index contributed by atoms with van der Waals surface area (Å²) in [5, 5.41) is 12.8. The predicted molar refractivity (Wildman–Crippen MR) is 56.3 cm³/mol. The molecule has 7 nitrogen and oxygen atoms in total. The topological polar surface area (TPSA) is 88.7 Å². The van der Waals surface area contributed by atoms with Gasteiger partial charge < -0.3 is 14.4 Å². The smallest absolute Gasteiger partial charge is 0.323 e. The zero-order chi connectivity index (χ0) is 12.3. The zero-order valence-electron chi connectivity index (χ0n) is 9.63. The van der Waals surface area contributed by atoms with E-state index in [4.69, 9.17) is 14.4 Å². The zero-order valence-corrected chi connectivity index (χ0v) is 9.63. The van der Waals surface area contributed by atoms with Crippen LogP contribution in [-0.4, -0.2) is 51.9 Å². The fourth-order valence-corrected chi connectivity index (χ4v) is 1.73. The van der Waals surface area contributed by atoms with Gasteiger partial charge in [-0.05, 0) is 0 Å². The maximum absolute atomic E-state index is 11.0. The van der Waals surface area contributed by atoms with Crippen molar-refractivity contribution in [2.24, 2.45) is 0 Å². The summed E-state index contributed by atoms with van der Waals surface area (Å²) in [6, 6.07) is -0.638. The number of carboxylic acids is 1. The van der Waals surface area contributed by atoms with Crippen molar-refractivity contribution in [2.45, 2.75) is 25.9 Å². The summed E-state index contributed by atoms with van der Waals surface area (Å²) < 4.78 is 10.2. The Morgan fingerprint density at radius 2 is 2.47 bits per heavy atom. The third kappa shape index (κ3) is 2.80. The second-order valence-corrected chi connectivity index (χ2v) is 3.86. The molecule has 0 bridgehead atoms. The Bertz CT molecular complexity index is 393. The maximum atomic E-state index is 11.0. The van der Waals surface area contributed by atoms with Crippen molar-refractivity contribution in [3.05, 3.63) is 11.7 Å². The van der Waals surface area contributed by atoms with Crippen LogP contribution in [0.2, 0.25) is 0 Å². The lowest BCUT2D eigenvalue weighted by Gasteiger charge is -2.31. The molecule has 1 aromatic heterocycles. The molecule has 1 aliphatic rings. The number of hydrogen-bond donors (Lipinski definition) is 1. The largest absolute Gasteiger partial charge is 0.480 e. The van der Waals surface area contributed by atoms with Crippen LogP contribution in [0.5, 0.6) is 0 Å². The molecule has 1 aliphatic heterocycles. The Balaban J connectivity index is 2.02. The minimum absolute atomic E-state index is 0.199. The van der Waals surface area contributed by atoms with Gasteiger partial charge in [0.05, 0.1) is 19.8 Å². The van der Waals surface area contributed by atoms with E-state index < -0.39 is 12.0 Å². The first-order chi connectivity index (χ1) is 8.20. The number of hydrogen-bond acceptors (Lipinski definition) is 6. The molecule has 1 N–H and O–H groups in total. The lowest BCUT2D eigenvalue weighted by Crippen LogP contribution is -2.49. The molecule has 94 valence electrons. The molecule has 0 radical (unpaired) electrons. The Kier molecular flexibility index (Phi) is 3.70. The molecule has 2 heterocycles. The summed E-state index contributed by atoms with van der Waals surface area (Å²) >= 11 is 0. The third-order valence-electron chi connectivity index (χ3n) is 2.69. The second-order valence-electron chi connectivity index (χ2n) is 3.86. The molecule has 0 saturated carbocycles. The number of aromatic nitrogens is 2.